The van der Waals surface area contributed by atoms with Gasteiger partial charge in [-0.15, -0.1) is 0 Å². The van der Waals surface area contributed by atoms with Crippen LogP contribution >= 0.6 is 0 Å². The summed E-state index contributed by atoms with van der Waals surface area (Å²) in [5, 5.41) is 5.77. The number of esters is 1. The molecule has 0 bridgehead atoms. The van der Waals surface area contributed by atoms with Crippen molar-refractivity contribution in [2.24, 2.45) is 5.92 Å². The Balaban J connectivity index is 1.69. The average Bonchev–Trinajstić information content (AvgIpc) is 3.35. The molecular weight excluding hydrogens is 534 g/mol. The zero-order valence-corrected chi connectivity index (χ0v) is 26.4. The number of hydrogen-bond donors (Lipinski definition) is 2. The van der Waals surface area contributed by atoms with E-state index in [0.29, 0.717) is 31.7 Å². The number of likely N-dealkylation sites (tertiary alicyclic amines) is 1. The quantitative estimate of drug-likeness (QED) is 0.353. The second kappa shape index (κ2) is 15.0. The number of ketones is 1. The molecule has 1 aromatic rings. The van der Waals surface area contributed by atoms with Crippen LogP contribution in [0.2, 0.25) is 0 Å². The highest BCUT2D eigenvalue weighted by atomic mass is 16.6. The molecule has 3 rings (SSSR count). The Hall–Kier alpha value is -2.94. The van der Waals surface area contributed by atoms with Crippen molar-refractivity contribution < 1.29 is 28.7 Å². The first-order chi connectivity index (χ1) is 19.7. The highest BCUT2D eigenvalue weighted by Gasteiger charge is 2.37. The summed E-state index contributed by atoms with van der Waals surface area (Å²) in [6, 6.07) is 7.42. The molecule has 2 N–H and O–H groups in total. The van der Waals surface area contributed by atoms with Crippen molar-refractivity contribution in [3.8, 4) is 0 Å². The van der Waals surface area contributed by atoms with Crippen molar-refractivity contribution in [2.45, 2.75) is 129 Å². The molecule has 9 heteroatoms. The highest BCUT2D eigenvalue weighted by Crippen LogP contribution is 2.28. The van der Waals surface area contributed by atoms with Gasteiger partial charge in [0.2, 0.25) is 5.91 Å². The standard InChI is InChI=1S/C33H51N3O6/c1-32(2,3)41-30(39)26(21-24-16-11-8-12-17-24)34-29(38)27-18-13-19-36(27)22-28(37)25(20-23-14-9-7-10-15-23)35-31(40)42-33(4,5)6/h8,11-12,16-17,23,25-27H,7,9-10,13-15,18-22H2,1-6H3,(H,34,38)(H,35,40)/t25-,26?,27?/m0/s1. The Morgan fingerprint density at radius 3 is 2.10 bits per heavy atom. The van der Waals surface area contributed by atoms with Gasteiger partial charge < -0.3 is 20.1 Å². The third kappa shape index (κ3) is 11.4. The van der Waals surface area contributed by atoms with Gasteiger partial charge in [0.1, 0.15) is 17.2 Å². The maximum atomic E-state index is 13.7. The summed E-state index contributed by atoms with van der Waals surface area (Å²) in [7, 11) is 0. The number of alkyl carbamates (subject to hydrolysis) is 1. The van der Waals surface area contributed by atoms with Crippen LogP contribution in [0.15, 0.2) is 30.3 Å². The molecule has 1 saturated heterocycles. The fourth-order valence-corrected chi connectivity index (χ4v) is 5.78. The zero-order chi connectivity index (χ0) is 30.9. The van der Waals surface area contributed by atoms with Gasteiger partial charge in [0.25, 0.3) is 0 Å². The molecule has 0 radical (unpaired) electrons. The van der Waals surface area contributed by atoms with E-state index in [0.717, 1.165) is 37.7 Å². The first-order valence-corrected chi connectivity index (χ1v) is 15.5. The number of carbonyl (C=O) groups excluding carboxylic acids is 4. The predicted octanol–water partition coefficient (Wildman–Crippen LogP) is 4.95. The minimum Gasteiger partial charge on any atom is -0.458 e. The predicted molar refractivity (Wildman–Crippen MR) is 162 cm³/mol. The minimum atomic E-state index is -0.856. The lowest BCUT2D eigenvalue weighted by Crippen LogP contribution is -2.53. The molecule has 234 valence electrons. The highest BCUT2D eigenvalue weighted by molar-refractivity contribution is 5.91. The molecule has 1 saturated carbocycles. The molecule has 2 amide bonds. The summed E-state index contributed by atoms with van der Waals surface area (Å²) >= 11 is 0. The van der Waals surface area contributed by atoms with Crippen molar-refractivity contribution in [3.05, 3.63) is 35.9 Å². The number of carbonyl (C=O) groups is 4. The van der Waals surface area contributed by atoms with Crippen molar-refractivity contribution in [1.29, 1.82) is 0 Å². The summed E-state index contributed by atoms with van der Waals surface area (Å²) in [4.78, 5) is 54.8. The fourth-order valence-electron chi connectivity index (χ4n) is 5.78. The number of rotatable bonds is 11. The Bertz CT molecular complexity index is 1060. The van der Waals surface area contributed by atoms with Gasteiger partial charge in [0.15, 0.2) is 5.78 Å². The second-order valence-electron chi connectivity index (χ2n) is 13.8. The van der Waals surface area contributed by atoms with Gasteiger partial charge in [-0.3, -0.25) is 14.5 Å². The van der Waals surface area contributed by atoms with E-state index in [1.165, 1.54) is 6.42 Å². The largest absolute Gasteiger partial charge is 0.458 e. The van der Waals surface area contributed by atoms with Crippen molar-refractivity contribution in [3.63, 3.8) is 0 Å². The van der Waals surface area contributed by atoms with E-state index in [1.54, 1.807) is 41.5 Å². The lowest BCUT2D eigenvalue weighted by Gasteiger charge is -2.30. The molecule has 2 unspecified atom stereocenters. The van der Waals surface area contributed by atoms with E-state index >= 15 is 0 Å². The molecule has 1 aliphatic heterocycles. The van der Waals surface area contributed by atoms with Crippen LogP contribution in [0.1, 0.15) is 98.5 Å². The first-order valence-electron chi connectivity index (χ1n) is 15.5. The number of benzene rings is 1. The molecule has 2 fully saturated rings. The normalized spacial score (nSPS) is 19.9. The Kier molecular flexibility index (Phi) is 12.0. The van der Waals surface area contributed by atoms with Crippen molar-refractivity contribution >= 4 is 23.8 Å². The molecule has 1 aromatic carbocycles. The molecule has 0 aromatic heterocycles. The van der Waals surface area contributed by atoms with Crippen molar-refractivity contribution in [2.75, 3.05) is 13.1 Å². The van der Waals surface area contributed by atoms with Crippen LogP contribution < -0.4 is 10.6 Å². The summed E-state index contributed by atoms with van der Waals surface area (Å²) in [6.45, 7) is 11.4. The first kappa shape index (κ1) is 33.6. The van der Waals surface area contributed by atoms with E-state index in [4.69, 9.17) is 9.47 Å². The number of ether oxygens (including phenoxy) is 2. The molecule has 0 spiro atoms. The summed E-state index contributed by atoms with van der Waals surface area (Å²) < 4.78 is 11.1. The zero-order valence-electron chi connectivity index (χ0n) is 26.4. The fraction of sp³-hybridized carbons (Fsp3) is 0.697. The Labute approximate surface area is 251 Å². The van der Waals surface area contributed by atoms with Gasteiger partial charge in [0, 0.05) is 6.42 Å². The maximum absolute atomic E-state index is 13.7. The number of nitrogens with zero attached hydrogens (tertiary/aromatic N) is 1. The van der Waals surface area contributed by atoms with Crippen LogP contribution in [0.5, 0.6) is 0 Å². The van der Waals surface area contributed by atoms with Crippen LogP contribution in [0.4, 0.5) is 4.79 Å². The van der Waals surface area contributed by atoms with Crippen LogP contribution in [0.25, 0.3) is 0 Å². The maximum Gasteiger partial charge on any atom is 0.408 e. The number of nitrogens with one attached hydrogen (secondary N) is 2. The van der Waals surface area contributed by atoms with Crippen LogP contribution in [-0.2, 0) is 30.3 Å². The molecule has 1 aliphatic carbocycles. The van der Waals surface area contributed by atoms with Gasteiger partial charge in [-0.05, 0) is 78.8 Å². The van der Waals surface area contributed by atoms with E-state index in [1.807, 2.05) is 35.2 Å². The van der Waals surface area contributed by atoms with E-state index in [9.17, 15) is 19.2 Å². The van der Waals surface area contributed by atoms with E-state index in [-0.39, 0.29) is 18.2 Å². The summed E-state index contributed by atoms with van der Waals surface area (Å²) in [5.41, 5.74) is -0.465. The van der Waals surface area contributed by atoms with E-state index < -0.39 is 41.4 Å². The van der Waals surface area contributed by atoms with E-state index in [2.05, 4.69) is 10.6 Å². The summed E-state index contributed by atoms with van der Waals surface area (Å²) in [5.74, 6) is -0.544. The van der Waals surface area contributed by atoms with Gasteiger partial charge in [-0.2, -0.15) is 0 Å². The third-order valence-corrected chi connectivity index (χ3v) is 7.69. The van der Waals surface area contributed by atoms with Gasteiger partial charge in [-0.25, -0.2) is 9.59 Å². The van der Waals surface area contributed by atoms with Crippen LogP contribution in [0, 0.1) is 5.92 Å². The number of hydrogen-bond acceptors (Lipinski definition) is 7. The van der Waals surface area contributed by atoms with Gasteiger partial charge in [0.05, 0.1) is 18.6 Å². The monoisotopic (exact) mass is 585 g/mol. The SMILES string of the molecule is CC(C)(C)OC(=O)N[C@@H](CC1CCCCC1)C(=O)CN1CCCC1C(=O)NC(Cc1ccccc1)C(=O)OC(C)(C)C. The third-order valence-electron chi connectivity index (χ3n) is 7.69. The second-order valence-corrected chi connectivity index (χ2v) is 13.8. The summed E-state index contributed by atoms with van der Waals surface area (Å²) in [6.07, 6.45) is 7.16. The smallest absolute Gasteiger partial charge is 0.408 e. The molecular formula is C33H51N3O6. The lowest BCUT2D eigenvalue weighted by atomic mass is 9.84. The Morgan fingerprint density at radius 2 is 1.48 bits per heavy atom. The average molecular weight is 586 g/mol. The Morgan fingerprint density at radius 1 is 0.833 bits per heavy atom. The molecule has 1 heterocycles. The van der Waals surface area contributed by atoms with Gasteiger partial charge in [-0.1, -0.05) is 62.4 Å². The molecule has 3 atom stereocenters. The van der Waals surface area contributed by atoms with Crippen LogP contribution in [0.3, 0.4) is 0 Å². The lowest BCUT2D eigenvalue weighted by molar-refractivity contribution is -0.159. The molecule has 42 heavy (non-hydrogen) atoms. The minimum absolute atomic E-state index is 0.0427. The topological polar surface area (TPSA) is 114 Å². The van der Waals surface area contributed by atoms with Gasteiger partial charge >= 0.3 is 12.1 Å². The molecule has 9 nitrogen and oxygen atoms in total. The molecule has 2 aliphatic rings. The van der Waals surface area contributed by atoms with Crippen molar-refractivity contribution in [1.82, 2.24) is 15.5 Å². The van der Waals surface area contributed by atoms with Crippen LogP contribution in [-0.4, -0.2) is 71.1 Å². The number of amides is 2. The number of Topliss-reactive ketones (excluding diaryl/α,β-unsaturated/α-hetero) is 1.